The molecule has 1 aliphatic carbocycles. The van der Waals surface area contributed by atoms with Crippen LogP contribution in [0.5, 0.6) is 0 Å². The van der Waals surface area contributed by atoms with Gasteiger partial charge in [0.1, 0.15) is 0 Å². The summed E-state index contributed by atoms with van der Waals surface area (Å²) in [4.78, 5) is 134. The van der Waals surface area contributed by atoms with Crippen LogP contribution >= 0.6 is 0 Å². The maximum atomic E-state index is 15.4. The molecule has 7 aliphatic rings. The minimum atomic E-state index is -2.10. The number of esters is 6. The predicted molar refractivity (Wildman–Crippen MR) is 386 cm³/mol. The number of pyridine rings is 6. The third-order valence-electron chi connectivity index (χ3n) is 20.5. The molecule has 6 aromatic rings. The number of aromatic nitrogens is 6. The Bertz CT molecular complexity index is 3190. The van der Waals surface area contributed by atoms with Gasteiger partial charge in [-0.05, 0) is 72.8 Å². The van der Waals surface area contributed by atoms with Crippen molar-refractivity contribution in [3.05, 3.63) is 178 Å². The molecular weight excluding hydrogens is 1390 g/mol. The summed E-state index contributed by atoms with van der Waals surface area (Å²) in [6, 6.07) is 19.2. The van der Waals surface area contributed by atoms with Crippen LogP contribution in [0.2, 0.25) is 0 Å². The first kappa shape index (κ1) is 77.4. The number of morpholine rings is 6. The van der Waals surface area contributed by atoms with E-state index in [2.05, 4.69) is 59.3 Å². The summed E-state index contributed by atoms with van der Waals surface area (Å²) in [5, 5.41) is 0. The van der Waals surface area contributed by atoms with Crippen molar-refractivity contribution in [2.45, 2.75) is 75.1 Å². The zero-order valence-corrected chi connectivity index (χ0v) is 61.0. The second kappa shape index (κ2) is 39.6. The van der Waals surface area contributed by atoms with E-state index in [0.29, 0.717) is 191 Å². The molecule has 0 unspecified atom stereocenters. The van der Waals surface area contributed by atoms with Crippen LogP contribution in [-0.2, 0) is 95.4 Å². The number of hydrogen-bond donors (Lipinski definition) is 0. The highest BCUT2D eigenvalue weighted by Gasteiger charge is 2.62. The molecule has 0 bridgehead atoms. The summed E-state index contributed by atoms with van der Waals surface area (Å²) in [6.07, 6.45) is -1.42. The van der Waals surface area contributed by atoms with Crippen molar-refractivity contribution in [3.8, 4) is 0 Å². The lowest BCUT2D eigenvalue weighted by molar-refractivity contribution is -0.223. The molecule has 6 aromatic heterocycles. The lowest BCUT2D eigenvalue weighted by Gasteiger charge is -2.47. The van der Waals surface area contributed by atoms with Crippen LogP contribution in [0.15, 0.2) is 110 Å². The van der Waals surface area contributed by atoms with Gasteiger partial charge in [0.15, 0.2) is 36.6 Å². The summed E-state index contributed by atoms with van der Waals surface area (Å²) >= 11 is 0. The van der Waals surface area contributed by atoms with E-state index in [9.17, 15) is 0 Å². The van der Waals surface area contributed by atoms with Crippen LogP contribution in [0.1, 0.15) is 96.3 Å². The summed E-state index contributed by atoms with van der Waals surface area (Å²) in [7, 11) is 0. The van der Waals surface area contributed by atoms with Gasteiger partial charge in [-0.25, -0.2) is 28.8 Å². The van der Waals surface area contributed by atoms with Gasteiger partial charge in [-0.1, -0.05) is 0 Å². The van der Waals surface area contributed by atoms with E-state index in [1.165, 1.54) is 73.6 Å². The molecule has 108 heavy (non-hydrogen) atoms. The Kier molecular flexibility index (Phi) is 28.3. The highest BCUT2D eigenvalue weighted by atomic mass is 16.7. The lowest BCUT2D eigenvalue weighted by atomic mass is 9.83. The van der Waals surface area contributed by atoms with Gasteiger partial charge in [-0.2, -0.15) is 0 Å². The van der Waals surface area contributed by atoms with Crippen LogP contribution in [0.3, 0.4) is 0 Å². The van der Waals surface area contributed by atoms with E-state index in [1.54, 1.807) is 36.4 Å². The molecule has 12 heterocycles. The van der Waals surface area contributed by atoms with Gasteiger partial charge in [-0.15, -0.1) is 0 Å². The number of rotatable bonds is 30. The Hall–Kier alpha value is -8.76. The number of ether oxygens (including phenoxy) is 12. The minimum absolute atomic E-state index is 0.0925. The average Bonchev–Trinajstić information content (AvgIpc) is 0.748. The van der Waals surface area contributed by atoms with E-state index in [-0.39, 0.29) is 33.4 Å². The quantitative estimate of drug-likeness (QED) is 0.0462. The molecule has 13 rings (SSSR count). The van der Waals surface area contributed by atoms with Crippen molar-refractivity contribution in [1.82, 2.24) is 59.3 Å². The van der Waals surface area contributed by atoms with Crippen LogP contribution < -0.4 is 0 Å². The monoisotopic (exact) mass is 1490 g/mol. The first-order valence-electron chi connectivity index (χ1n) is 37.7. The highest BCUT2D eigenvalue weighted by molar-refractivity contribution is 5.93. The third-order valence-corrected chi connectivity index (χ3v) is 20.5. The molecular formula is C78H96N12O18. The van der Waals surface area contributed by atoms with Gasteiger partial charge in [0, 0.05) is 228 Å². The maximum absolute atomic E-state index is 15.4. The van der Waals surface area contributed by atoms with E-state index in [1.807, 2.05) is 0 Å². The van der Waals surface area contributed by atoms with Crippen molar-refractivity contribution in [2.75, 3.05) is 197 Å². The van der Waals surface area contributed by atoms with Crippen molar-refractivity contribution in [1.29, 1.82) is 0 Å². The fraction of sp³-hybridized carbons (Fsp3) is 0.538. The number of hydrogen-bond acceptors (Lipinski definition) is 30. The number of carbonyl (C=O) groups is 6. The molecule has 7 fully saturated rings. The molecule has 1 saturated carbocycles. The molecule has 0 spiro atoms. The lowest BCUT2D eigenvalue weighted by Crippen LogP contribution is -2.69. The summed E-state index contributed by atoms with van der Waals surface area (Å²) in [5.41, 5.74) is 3.43. The second-order valence-corrected chi connectivity index (χ2v) is 27.7. The molecule has 30 heteroatoms. The van der Waals surface area contributed by atoms with Gasteiger partial charge in [0.05, 0.1) is 113 Å². The molecule has 0 atom stereocenters. The third kappa shape index (κ3) is 22.2. The van der Waals surface area contributed by atoms with Crippen molar-refractivity contribution in [2.24, 2.45) is 0 Å². The van der Waals surface area contributed by atoms with Gasteiger partial charge >= 0.3 is 35.8 Å². The molecule has 30 nitrogen and oxygen atoms in total. The Morgan fingerprint density at radius 2 is 0.380 bits per heavy atom. The fourth-order valence-electron chi connectivity index (χ4n) is 13.8. The largest absolute Gasteiger partial charge is 0.450 e. The van der Waals surface area contributed by atoms with Gasteiger partial charge in [0.2, 0.25) is 0 Å². The van der Waals surface area contributed by atoms with Crippen LogP contribution in [0.25, 0.3) is 0 Å². The number of carbonyl (C=O) groups excluding carboxylic acids is 6. The molecule has 576 valence electrons. The SMILES string of the molecule is O=C(OC1[C@H](OC(=O)c2ccc(CCN3CCOCC3)nc2)[C@@H](OC(=O)c2ccc(CCN3CCOCC3)nc2)C(OC(=O)c2ccc(CCN3CCOCC3)nc2)[C@@H](OC(=O)c2ccc(CCN3CCOCC3)nc2)[C@@H]1OC(=O)c1ccc(CCN2CCOCC2)nc1)c1ccc(CCN2CCOCC2)nc1. The minimum Gasteiger partial charge on any atom is -0.450 e. The van der Waals surface area contributed by atoms with Crippen LogP contribution in [0, 0.1) is 0 Å². The van der Waals surface area contributed by atoms with Crippen molar-refractivity contribution >= 4 is 35.8 Å². The molecule has 6 aliphatic heterocycles. The smallest absolute Gasteiger partial charge is 0.340 e. The van der Waals surface area contributed by atoms with Crippen molar-refractivity contribution in [3.63, 3.8) is 0 Å². The summed E-state index contributed by atoms with van der Waals surface area (Å²) in [5.74, 6) is -6.47. The molecule has 0 N–H and O–H groups in total. The Morgan fingerprint density at radius 1 is 0.241 bits per heavy atom. The molecule has 6 saturated heterocycles. The van der Waals surface area contributed by atoms with Crippen LogP contribution in [0.4, 0.5) is 0 Å². The van der Waals surface area contributed by atoms with E-state index in [0.717, 1.165) is 78.5 Å². The number of nitrogens with zero attached hydrogens (tertiary/aromatic N) is 12. The molecule has 0 amide bonds. The topological polar surface area (TPSA) is 310 Å². The van der Waals surface area contributed by atoms with E-state index in [4.69, 9.17) is 56.8 Å². The summed E-state index contributed by atoms with van der Waals surface area (Å²) < 4.78 is 73.1. The second-order valence-electron chi connectivity index (χ2n) is 27.7. The van der Waals surface area contributed by atoms with Crippen LogP contribution in [-0.4, -0.2) is 329 Å². The van der Waals surface area contributed by atoms with Gasteiger partial charge in [-0.3, -0.25) is 59.3 Å². The zero-order valence-electron chi connectivity index (χ0n) is 61.0. The van der Waals surface area contributed by atoms with Gasteiger partial charge in [0.25, 0.3) is 0 Å². The Morgan fingerprint density at radius 3 is 0.500 bits per heavy atom. The van der Waals surface area contributed by atoms with E-state index >= 15 is 28.8 Å². The zero-order chi connectivity index (χ0) is 74.2. The van der Waals surface area contributed by atoms with E-state index < -0.39 is 72.4 Å². The van der Waals surface area contributed by atoms with Gasteiger partial charge < -0.3 is 56.8 Å². The standard InChI is InChI=1S/C78H96N12O18/c91-73(55-1-7-61(79-49-55)13-19-85-25-37-97-38-26-85)103-67-68(104-74(92)56-2-8-62(80-50-56)14-20-86-27-39-98-40-28-86)70(106-76(94)58-4-10-64(82-52-58)16-22-88-31-43-100-44-32-88)72(108-78(96)60-6-12-66(84-54-60)18-24-90-35-47-102-48-36-90)71(107-77(95)59-5-11-65(83-53-59)17-23-89-33-45-101-46-34-89)69(67)105-75(93)57-3-9-63(81-51-57)15-21-87-29-41-99-42-30-87/h1-12,49-54,67-72H,13-48H2/t67-,68-,69?,70?,71-,72-. The molecule has 0 aromatic carbocycles. The van der Waals surface area contributed by atoms with Crippen molar-refractivity contribution < 1.29 is 85.6 Å². The maximum Gasteiger partial charge on any atom is 0.340 e. The first-order valence-corrected chi connectivity index (χ1v) is 37.7. The summed E-state index contributed by atoms with van der Waals surface area (Å²) in [6.45, 7) is 20.4. The Labute approximate surface area is 627 Å². The average molecular weight is 1490 g/mol. The molecule has 0 radical (unpaired) electrons. The first-order chi connectivity index (χ1) is 53.0. The highest BCUT2D eigenvalue weighted by Crippen LogP contribution is 2.37. The normalized spacial score (nSPS) is 22.3. The fourth-order valence-corrected chi connectivity index (χ4v) is 13.8. The Balaban J connectivity index is 0.902. The predicted octanol–water partition coefficient (Wildman–Crippen LogP) is 2.97.